The number of benzene rings is 2. The highest BCUT2D eigenvalue weighted by molar-refractivity contribution is 9.10. The molecular weight excluding hydrogens is 342 g/mol. The van der Waals surface area contributed by atoms with E-state index in [1.165, 1.54) is 0 Å². The molecule has 1 N–H and O–H groups in total. The molecule has 0 aliphatic rings. The summed E-state index contributed by atoms with van der Waals surface area (Å²) < 4.78 is 0.971. The number of hydrogen-bond donors (Lipinski definition) is 1. The Hall–Kier alpha value is -2.53. The van der Waals surface area contributed by atoms with Crippen LogP contribution in [0.5, 0.6) is 0 Å². The summed E-state index contributed by atoms with van der Waals surface area (Å²) in [6.07, 6.45) is 1.63. The number of aromatic nitrogens is 2. The second kappa shape index (κ2) is 6.49. The second-order valence-corrected chi connectivity index (χ2v) is 5.51. The fraction of sp³-hybridized carbons (Fsp3) is 0. The fourth-order valence-corrected chi connectivity index (χ4v) is 2.39. The van der Waals surface area contributed by atoms with Gasteiger partial charge in [0.2, 0.25) is 5.95 Å². The third-order valence-corrected chi connectivity index (χ3v) is 3.53. The maximum absolute atomic E-state index is 12.1. The highest BCUT2D eigenvalue weighted by atomic mass is 79.9. The zero-order chi connectivity index (χ0) is 15.4. The summed E-state index contributed by atoms with van der Waals surface area (Å²) in [5, 5.41) is 2.71. The monoisotopic (exact) mass is 353 g/mol. The summed E-state index contributed by atoms with van der Waals surface area (Å²) in [6, 6.07) is 18.6. The molecule has 3 aromatic rings. The van der Waals surface area contributed by atoms with E-state index in [-0.39, 0.29) is 11.9 Å². The Balaban J connectivity index is 1.84. The molecule has 0 saturated heterocycles. The van der Waals surface area contributed by atoms with E-state index in [0.717, 1.165) is 15.7 Å². The SMILES string of the molecule is O=C(Nc1nccc(-c2cccc(Br)c2)n1)c1ccccc1. The van der Waals surface area contributed by atoms with E-state index in [0.29, 0.717) is 5.56 Å². The molecule has 0 saturated carbocycles. The van der Waals surface area contributed by atoms with Gasteiger partial charge in [-0.05, 0) is 30.3 Å². The number of nitrogens with one attached hydrogen (secondary N) is 1. The molecule has 0 aliphatic heterocycles. The topological polar surface area (TPSA) is 54.9 Å². The van der Waals surface area contributed by atoms with Gasteiger partial charge in [-0.1, -0.05) is 46.3 Å². The summed E-state index contributed by atoms with van der Waals surface area (Å²) in [5.41, 5.74) is 2.27. The minimum absolute atomic E-state index is 0.230. The van der Waals surface area contributed by atoms with Crippen LogP contribution in [-0.2, 0) is 0 Å². The van der Waals surface area contributed by atoms with Crippen LogP contribution in [0.4, 0.5) is 5.95 Å². The normalized spacial score (nSPS) is 10.2. The molecule has 0 unspecified atom stereocenters. The highest BCUT2D eigenvalue weighted by Crippen LogP contribution is 2.21. The number of carbonyl (C=O) groups excluding carboxylic acids is 1. The van der Waals surface area contributed by atoms with E-state index in [9.17, 15) is 4.79 Å². The third kappa shape index (κ3) is 3.38. The molecule has 0 fully saturated rings. The Kier molecular flexibility index (Phi) is 4.25. The van der Waals surface area contributed by atoms with Crippen molar-refractivity contribution in [2.24, 2.45) is 0 Å². The number of hydrogen-bond acceptors (Lipinski definition) is 3. The van der Waals surface area contributed by atoms with Crippen molar-refractivity contribution in [3.05, 3.63) is 76.9 Å². The molecule has 1 aromatic heterocycles. The standard InChI is InChI=1S/C17H12BrN3O/c18-14-8-4-7-13(11-14)15-9-10-19-17(20-15)21-16(22)12-5-2-1-3-6-12/h1-11H,(H,19,20,21,22). The Morgan fingerprint density at radius 2 is 1.82 bits per heavy atom. The third-order valence-electron chi connectivity index (χ3n) is 3.04. The largest absolute Gasteiger partial charge is 0.290 e. The van der Waals surface area contributed by atoms with Crippen molar-refractivity contribution in [2.75, 3.05) is 5.32 Å². The Morgan fingerprint density at radius 1 is 1.00 bits per heavy atom. The van der Waals surface area contributed by atoms with E-state index in [4.69, 9.17) is 0 Å². The van der Waals surface area contributed by atoms with Crippen molar-refractivity contribution in [1.82, 2.24) is 9.97 Å². The van der Waals surface area contributed by atoms with Gasteiger partial charge < -0.3 is 0 Å². The average molecular weight is 354 g/mol. The van der Waals surface area contributed by atoms with Gasteiger partial charge in [-0.25, -0.2) is 9.97 Å². The molecule has 3 rings (SSSR count). The van der Waals surface area contributed by atoms with Crippen LogP contribution < -0.4 is 5.32 Å². The van der Waals surface area contributed by atoms with E-state index in [1.54, 1.807) is 24.4 Å². The molecule has 0 spiro atoms. The van der Waals surface area contributed by atoms with Crippen LogP contribution in [0.3, 0.4) is 0 Å². The summed E-state index contributed by atoms with van der Waals surface area (Å²) in [4.78, 5) is 20.6. The van der Waals surface area contributed by atoms with Crippen LogP contribution >= 0.6 is 15.9 Å². The predicted molar refractivity (Wildman–Crippen MR) is 89.6 cm³/mol. The highest BCUT2D eigenvalue weighted by Gasteiger charge is 2.08. The Morgan fingerprint density at radius 3 is 2.59 bits per heavy atom. The van der Waals surface area contributed by atoms with Crippen LogP contribution in [0.1, 0.15) is 10.4 Å². The lowest BCUT2D eigenvalue weighted by molar-refractivity contribution is 0.102. The average Bonchev–Trinajstić information content (AvgIpc) is 2.56. The predicted octanol–water partition coefficient (Wildman–Crippen LogP) is 4.16. The molecule has 22 heavy (non-hydrogen) atoms. The number of rotatable bonds is 3. The molecule has 0 radical (unpaired) electrons. The molecule has 1 amide bonds. The summed E-state index contributed by atoms with van der Waals surface area (Å²) in [5.74, 6) is 0.0540. The van der Waals surface area contributed by atoms with Crippen LogP contribution in [0.2, 0.25) is 0 Å². The van der Waals surface area contributed by atoms with Crippen molar-refractivity contribution in [3.63, 3.8) is 0 Å². The maximum Gasteiger partial charge on any atom is 0.258 e. The molecule has 0 bridgehead atoms. The van der Waals surface area contributed by atoms with Crippen LogP contribution in [0.15, 0.2) is 71.3 Å². The van der Waals surface area contributed by atoms with Gasteiger partial charge in [0, 0.05) is 21.8 Å². The van der Waals surface area contributed by atoms with Crippen molar-refractivity contribution < 1.29 is 4.79 Å². The lowest BCUT2D eigenvalue weighted by atomic mass is 10.1. The van der Waals surface area contributed by atoms with Crippen LogP contribution in [-0.4, -0.2) is 15.9 Å². The van der Waals surface area contributed by atoms with Crippen LogP contribution in [0, 0.1) is 0 Å². The molecule has 108 valence electrons. The maximum atomic E-state index is 12.1. The minimum Gasteiger partial charge on any atom is -0.290 e. The zero-order valence-corrected chi connectivity index (χ0v) is 13.1. The Bertz CT molecular complexity index is 806. The summed E-state index contributed by atoms with van der Waals surface area (Å²) >= 11 is 3.44. The summed E-state index contributed by atoms with van der Waals surface area (Å²) in [6.45, 7) is 0. The van der Waals surface area contributed by atoms with E-state index >= 15 is 0 Å². The first-order chi connectivity index (χ1) is 10.7. The van der Waals surface area contributed by atoms with Gasteiger partial charge in [-0.3, -0.25) is 10.1 Å². The van der Waals surface area contributed by atoms with E-state index in [1.807, 2.05) is 42.5 Å². The number of amides is 1. The van der Waals surface area contributed by atoms with Gasteiger partial charge in [0.25, 0.3) is 5.91 Å². The molecule has 5 heteroatoms. The van der Waals surface area contributed by atoms with E-state index < -0.39 is 0 Å². The van der Waals surface area contributed by atoms with Gasteiger partial charge in [0.05, 0.1) is 5.69 Å². The quantitative estimate of drug-likeness (QED) is 0.769. The Labute approximate surface area is 136 Å². The van der Waals surface area contributed by atoms with Gasteiger partial charge >= 0.3 is 0 Å². The van der Waals surface area contributed by atoms with Gasteiger partial charge in [0.1, 0.15) is 0 Å². The summed E-state index contributed by atoms with van der Waals surface area (Å²) in [7, 11) is 0. The van der Waals surface area contributed by atoms with Crippen molar-refractivity contribution in [1.29, 1.82) is 0 Å². The van der Waals surface area contributed by atoms with Gasteiger partial charge in [-0.15, -0.1) is 0 Å². The molecule has 0 atom stereocenters. The molecule has 0 aliphatic carbocycles. The van der Waals surface area contributed by atoms with E-state index in [2.05, 4.69) is 31.2 Å². The molecule has 1 heterocycles. The first-order valence-electron chi connectivity index (χ1n) is 6.68. The lowest BCUT2D eigenvalue weighted by Crippen LogP contribution is -2.14. The van der Waals surface area contributed by atoms with Gasteiger partial charge in [0.15, 0.2) is 0 Å². The first-order valence-corrected chi connectivity index (χ1v) is 7.47. The lowest BCUT2D eigenvalue weighted by Gasteiger charge is -2.06. The minimum atomic E-state index is -0.230. The van der Waals surface area contributed by atoms with Crippen molar-refractivity contribution >= 4 is 27.8 Å². The second-order valence-electron chi connectivity index (χ2n) is 4.60. The number of carbonyl (C=O) groups is 1. The first kappa shape index (κ1) is 14.4. The molecular formula is C17H12BrN3O. The van der Waals surface area contributed by atoms with Gasteiger partial charge in [-0.2, -0.15) is 0 Å². The fourth-order valence-electron chi connectivity index (χ4n) is 1.99. The van der Waals surface area contributed by atoms with Crippen molar-refractivity contribution in [2.45, 2.75) is 0 Å². The number of nitrogens with zero attached hydrogens (tertiary/aromatic N) is 2. The van der Waals surface area contributed by atoms with Crippen LogP contribution in [0.25, 0.3) is 11.3 Å². The number of anilines is 1. The zero-order valence-electron chi connectivity index (χ0n) is 11.5. The number of halogens is 1. The molecule has 2 aromatic carbocycles. The molecule has 4 nitrogen and oxygen atoms in total. The smallest absolute Gasteiger partial charge is 0.258 e. The van der Waals surface area contributed by atoms with Crippen molar-refractivity contribution in [3.8, 4) is 11.3 Å².